The highest BCUT2D eigenvalue weighted by molar-refractivity contribution is 5.81. The number of carbonyl (C=O) groups is 1. The normalized spacial score (nSPS) is 23.9. The molecule has 0 saturated carbocycles. The molecule has 0 bridgehead atoms. The zero-order valence-corrected chi connectivity index (χ0v) is 8.10. The molecule has 0 aliphatic carbocycles. The molecule has 1 aromatic rings. The Hall–Kier alpha value is -1.64. The van der Waals surface area contributed by atoms with E-state index in [-0.39, 0.29) is 11.8 Å². The third-order valence-electron chi connectivity index (χ3n) is 2.28. The van der Waals surface area contributed by atoms with Crippen LogP contribution in [0.1, 0.15) is 12.5 Å². The number of carbonyl (C=O) groups excluding carboxylic acids is 1. The number of nitrogens with one attached hydrogen (secondary N) is 1. The van der Waals surface area contributed by atoms with Gasteiger partial charge in [-0.25, -0.2) is 0 Å². The van der Waals surface area contributed by atoms with E-state index in [1.165, 1.54) is 0 Å². The molecule has 3 nitrogen and oxygen atoms in total. The molecule has 3 heteroatoms. The van der Waals surface area contributed by atoms with Crippen molar-refractivity contribution in [2.24, 2.45) is 5.92 Å². The Balaban J connectivity index is 2.17. The Kier molecular flexibility index (Phi) is 2.31. The van der Waals surface area contributed by atoms with Crippen LogP contribution in [-0.2, 0) is 4.79 Å². The molecule has 1 fully saturated rings. The molecule has 1 saturated heterocycles. The molecule has 1 N–H and O–H groups in total. The van der Waals surface area contributed by atoms with Gasteiger partial charge >= 0.3 is 0 Å². The summed E-state index contributed by atoms with van der Waals surface area (Å²) in [6.07, 6.45) is 1.95. The highest BCUT2D eigenvalue weighted by atomic mass is 16.2. The van der Waals surface area contributed by atoms with Crippen LogP contribution in [0.15, 0.2) is 30.3 Å². The second-order valence-electron chi connectivity index (χ2n) is 3.57. The SMILES string of the molecule is CC1C/[N+](=C\c2ccccc2)NC1=O. The molecule has 1 amide bonds. The Morgan fingerprint density at radius 3 is 2.71 bits per heavy atom. The van der Waals surface area contributed by atoms with Crippen LogP contribution < -0.4 is 5.43 Å². The number of nitrogens with zero attached hydrogens (tertiary/aromatic N) is 1. The molecule has 1 unspecified atom stereocenters. The molecule has 1 heterocycles. The van der Waals surface area contributed by atoms with Gasteiger partial charge in [0.05, 0.1) is 0 Å². The summed E-state index contributed by atoms with van der Waals surface area (Å²) < 4.78 is 1.84. The van der Waals surface area contributed by atoms with Crippen molar-refractivity contribution in [2.75, 3.05) is 6.54 Å². The molecule has 1 aromatic carbocycles. The number of hydrazone groups is 1. The minimum Gasteiger partial charge on any atom is -0.269 e. The van der Waals surface area contributed by atoms with Gasteiger partial charge < -0.3 is 0 Å². The van der Waals surface area contributed by atoms with E-state index < -0.39 is 0 Å². The van der Waals surface area contributed by atoms with E-state index in [4.69, 9.17) is 0 Å². The average Bonchev–Trinajstić information content (AvgIpc) is 2.47. The zero-order chi connectivity index (χ0) is 9.97. The fourth-order valence-electron chi connectivity index (χ4n) is 1.48. The van der Waals surface area contributed by atoms with Crippen molar-refractivity contribution in [1.82, 2.24) is 5.43 Å². The Labute approximate surface area is 83.0 Å². The quantitative estimate of drug-likeness (QED) is 0.651. The number of rotatable bonds is 1. The van der Waals surface area contributed by atoms with E-state index in [1.807, 2.05) is 48.2 Å². The second kappa shape index (κ2) is 3.62. The topological polar surface area (TPSA) is 32.1 Å². The summed E-state index contributed by atoms with van der Waals surface area (Å²) >= 11 is 0. The van der Waals surface area contributed by atoms with Crippen LogP contribution in [0, 0.1) is 5.92 Å². The van der Waals surface area contributed by atoms with E-state index in [2.05, 4.69) is 5.43 Å². The predicted molar refractivity (Wildman–Crippen MR) is 54.0 cm³/mol. The summed E-state index contributed by atoms with van der Waals surface area (Å²) in [7, 11) is 0. The van der Waals surface area contributed by atoms with Crippen LogP contribution in [0.5, 0.6) is 0 Å². The van der Waals surface area contributed by atoms with Gasteiger partial charge in [-0.05, 0) is 19.1 Å². The lowest BCUT2D eigenvalue weighted by atomic mass is 10.2. The van der Waals surface area contributed by atoms with Gasteiger partial charge in [0.15, 0.2) is 6.54 Å². The highest BCUT2D eigenvalue weighted by Gasteiger charge is 2.29. The van der Waals surface area contributed by atoms with E-state index in [0.717, 1.165) is 12.1 Å². The molecule has 0 spiro atoms. The largest absolute Gasteiger partial charge is 0.283 e. The van der Waals surface area contributed by atoms with Crippen molar-refractivity contribution < 1.29 is 9.48 Å². The lowest BCUT2D eigenvalue weighted by Crippen LogP contribution is -2.25. The molecular weight excluding hydrogens is 176 g/mol. The van der Waals surface area contributed by atoms with Gasteiger partial charge in [-0.3, -0.25) is 4.79 Å². The maximum atomic E-state index is 11.2. The van der Waals surface area contributed by atoms with Crippen molar-refractivity contribution >= 4 is 12.1 Å². The smallest absolute Gasteiger partial charge is 0.269 e. The first-order valence-corrected chi connectivity index (χ1v) is 4.73. The average molecular weight is 189 g/mol. The van der Waals surface area contributed by atoms with Crippen molar-refractivity contribution in [3.8, 4) is 0 Å². The third kappa shape index (κ3) is 1.82. The maximum absolute atomic E-state index is 11.2. The van der Waals surface area contributed by atoms with Gasteiger partial charge in [0.2, 0.25) is 6.21 Å². The van der Waals surface area contributed by atoms with Gasteiger partial charge in [0.1, 0.15) is 5.92 Å². The van der Waals surface area contributed by atoms with Gasteiger partial charge in [0.25, 0.3) is 5.91 Å². The number of hydrogen-bond acceptors (Lipinski definition) is 1. The molecule has 14 heavy (non-hydrogen) atoms. The zero-order valence-electron chi connectivity index (χ0n) is 8.10. The monoisotopic (exact) mass is 189 g/mol. The summed E-state index contributed by atoms with van der Waals surface area (Å²) in [5, 5.41) is 0. The second-order valence-corrected chi connectivity index (χ2v) is 3.57. The van der Waals surface area contributed by atoms with Crippen LogP contribution >= 0.6 is 0 Å². The molecule has 0 aromatic heterocycles. The molecule has 0 radical (unpaired) electrons. The summed E-state index contributed by atoms with van der Waals surface area (Å²) in [6, 6.07) is 9.95. The molecular formula is C11H13N2O+. The minimum atomic E-state index is 0.0787. The maximum Gasteiger partial charge on any atom is 0.283 e. The Bertz CT molecular complexity index is 370. The summed E-state index contributed by atoms with van der Waals surface area (Å²) in [5.41, 5.74) is 3.89. The Morgan fingerprint density at radius 1 is 1.43 bits per heavy atom. The standard InChI is InChI=1S/C11H12N2O/c1-9-7-13(12-11(9)14)8-10-5-3-2-4-6-10/h2-6,8-9H,7H2,1H3/p+1/b13-8+. The molecule has 1 aliphatic heterocycles. The van der Waals surface area contributed by atoms with Crippen molar-refractivity contribution in [3.63, 3.8) is 0 Å². The fourth-order valence-corrected chi connectivity index (χ4v) is 1.48. The van der Waals surface area contributed by atoms with Crippen molar-refractivity contribution in [3.05, 3.63) is 35.9 Å². The van der Waals surface area contributed by atoms with Gasteiger partial charge in [0, 0.05) is 5.56 Å². The highest BCUT2D eigenvalue weighted by Crippen LogP contribution is 2.02. The molecule has 1 atom stereocenters. The molecule has 72 valence electrons. The minimum absolute atomic E-state index is 0.0787. The number of benzene rings is 1. The van der Waals surface area contributed by atoms with E-state index >= 15 is 0 Å². The van der Waals surface area contributed by atoms with E-state index in [9.17, 15) is 4.79 Å². The van der Waals surface area contributed by atoms with Crippen molar-refractivity contribution in [2.45, 2.75) is 6.92 Å². The number of hydrogen-bond donors (Lipinski definition) is 1. The Morgan fingerprint density at radius 2 is 2.14 bits per heavy atom. The molecule has 1 aliphatic rings. The molecule has 2 rings (SSSR count). The summed E-state index contributed by atoms with van der Waals surface area (Å²) in [5.74, 6) is 0.173. The summed E-state index contributed by atoms with van der Waals surface area (Å²) in [6.45, 7) is 2.67. The van der Waals surface area contributed by atoms with Gasteiger partial charge in [-0.1, -0.05) is 18.2 Å². The van der Waals surface area contributed by atoms with Gasteiger partial charge in [-0.15, -0.1) is 10.1 Å². The third-order valence-corrected chi connectivity index (χ3v) is 2.28. The van der Waals surface area contributed by atoms with Gasteiger partial charge in [-0.2, -0.15) is 0 Å². The van der Waals surface area contributed by atoms with E-state index in [0.29, 0.717) is 0 Å². The lowest BCUT2D eigenvalue weighted by molar-refractivity contribution is -0.556. The predicted octanol–water partition coefficient (Wildman–Crippen LogP) is 0.799. The van der Waals surface area contributed by atoms with Crippen LogP contribution in [0.3, 0.4) is 0 Å². The first-order chi connectivity index (χ1) is 6.75. The van der Waals surface area contributed by atoms with E-state index in [1.54, 1.807) is 0 Å². The summed E-state index contributed by atoms with van der Waals surface area (Å²) in [4.78, 5) is 11.2. The van der Waals surface area contributed by atoms with Crippen LogP contribution in [0.25, 0.3) is 0 Å². The first kappa shape index (κ1) is 8.94. The first-order valence-electron chi connectivity index (χ1n) is 4.73. The fraction of sp³-hybridized carbons (Fsp3) is 0.273. The van der Waals surface area contributed by atoms with Crippen LogP contribution in [-0.4, -0.2) is 23.4 Å². The van der Waals surface area contributed by atoms with Crippen LogP contribution in [0.2, 0.25) is 0 Å². The van der Waals surface area contributed by atoms with Crippen molar-refractivity contribution in [1.29, 1.82) is 0 Å². The lowest BCUT2D eigenvalue weighted by Gasteiger charge is -1.91. The number of amides is 1. The number of hydrazine groups is 1. The van der Waals surface area contributed by atoms with Crippen LogP contribution in [0.4, 0.5) is 0 Å².